The van der Waals surface area contributed by atoms with Crippen molar-refractivity contribution in [2.24, 2.45) is 0 Å². The molecule has 1 amide bonds. The number of hydrogen-bond donors (Lipinski definition) is 1. The van der Waals surface area contributed by atoms with Crippen LogP contribution in [0.5, 0.6) is 5.75 Å². The van der Waals surface area contributed by atoms with E-state index in [0.29, 0.717) is 15.8 Å². The summed E-state index contributed by atoms with van der Waals surface area (Å²) in [6, 6.07) is 10.1. The number of ether oxygens (including phenoxy) is 1. The molecule has 0 radical (unpaired) electrons. The maximum atomic E-state index is 11.9. The van der Waals surface area contributed by atoms with E-state index in [2.05, 4.69) is 22.9 Å². The first-order valence-electron chi connectivity index (χ1n) is 7.66. The van der Waals surface area contributed by atoms with Crippen LogP contribution in [-0.2, 0) is 4.79 Å². The van der Waals surface area contributed by atoms with Crippen LogP contribution in [0.4, 0.5) is 0 Å². The smallest absolute Gasteiger partial charge is 0.263 e. The number of thioether (sulfide) groups is 1. The summed E-state index contributed by atoms with van der Waals surface area (Å²) >= 11 is 6.34. The third-order valence-corrected chi connectivity index (χ3v) is 4.97. The van der Waals surface area contributed by atoms with Gasteiger partial charge in [0.05, 0.1) is 11.5 Å². The Morgan fingerprint density at radius 1 is 1.29 bits per heavy atom. The molecule has 0 saturated carbocycles. The average molecular weight is 358 g/mol. The van der Waals surface area contributed by atoms with Crippen molar-refractivity contribution in [2.75, 3.05) is 6.61 Å². The fraction of sp³-hybridized carbons (Fsp3) is 0.222. The molecule has 2 aromatic rings. The first-order valence-corrected chi connectivity index (χ1v) is 8.89. The molecule has 1 aromatic heterocycles. The second kappa shape index (κ2) is 6.83. The molecule has 1 N–H and O–H groups in total. The fourth-order valence-corrected chi connectivity index (χ4v) is 3.79. The van der Waals surface area contributed by atoms with Gasteiger partial charge >= 0.3 is 0 Å². The van der Waals surface area contributed by atoms with Crippen LogP contribution in [0.2, 0.25) is 0 Å². The van der Waals surface area contributed by atoms with Gasteiger partial charge in [-0.2, -0.15) is 0 Å². The van der Waals surface area contributed by atoms with Gasteiger partial charge in [-0.3, -0.25) is 4.79 Å². The van der Waals surface area contributed by atoms with Crippen LogP contribution in [0.1, 0.15) is 23.9 Å². The highest BCUT2D eigenvalue weighted by molar-refractivity contribution is 8.26. The zero-order valence-corrected chi connectivity index (χ0v) is 15.4. The number of benzene rings is 1. The first-order chi connectivity index (χ1) is 11.5. The number of aromatic nitrogens is 1. The normalized spacial score (nSPS) is 15.9. The molecule has 4 nitrogen and oxygen atoms in total. The van der Waals surface area contributed by atoms with Gasteiger partial charge in [0.1, 0.15) is 10.1 Å². The third-order valence-electron chi connectivity index (χ3n) is 3.80. The van der Waals surface area contributed by atoms with Crippen molar-refractivity contribution in [2.45, 2.75) is 20.8 Å². The van der Waals surface area contributed by atoms with Gasteiger partial charge in [-0.1, -0.05) is 24.0 Å². The van der Waals surface area contributed by atoms with Crippen molar-refractivity contribution in [3.05, 3.63) is 52.2 Å². The number of hydrogen-bond acceptors (Lipinski definition) is 4. The first kappa shape index (κ1) is 16.8. The molecule has 1 aliphatic heterocycles. The quantitative estimate of drug-likeness (QED) is 0.663. The SMILES string of the molecule is CCOc1ccc(-n2c(C)cc(C=C3SC(=S)NC3=O)c2C)cc1. The van der Waals surface area contributed by atoms with Crippen molar-refractivity contribution < 1.29 is 9.53 Å². The lowest BCUT2D eigenvalue weighted by Gasteiger charge is -2.11. The number of aryl methyl sites for hydroxylation is 1. The van der Waals surface area contributed by atoms with Crippen LogP contribution in [0.15, 0.2) is 35.2 Å². The molecule has 0 unspecified atom stereocenters. The Hall–Kier alpha value is -2.05. The number of carbonyl (C=O) groups excluding carboxylic acids is 1. The van der Waals surface area contributed by atoms with Crippen molar-refractivity contribution in [1.29, 1.82) is 0 Å². The number of nitrogens with one attached hydrogen (secondary N) is 1. The molecule has 1 saturated heterocycles. The maximum Gasteiger partial charge on any atom is 0.263 e. The van der Waals surface area contributed by atoms with Crippen LogP contribution in [0.25, 0.3) is 11.8 Å². The Bertz CT molecular complexity index is 835. The minimum absolute atomic E-state index is 0.129. The van der Waals surface area contributed by atoms with Gasteiger partial charge in [0.15, 0.2) is 0 Å². The van der Waals surface area contributed by atoms with Crippen LogP contribution in [0, 0.1) is 13.8 Å². The summed E-state index contributed by atoms with van der Waals surface area (Å²) in [5.41, 5.74) is 4.27. The maximum absolute atomic E-state index is 11.9. The van der Waals surface area contributed by atoms with Crippen molar-refractivity contribution in [3.8, 4) is 11.4 Å². The molecular formula is C18H18N2O2S2. The van der Waals surface area contributed by atoms with Crippen LogP contribution in [-0.4, -0.2) is 21.4 Å². The predicted molar refractivity (Wildman–Crippen MR) is 103 cm³/mol. The van der Waals surface area contributed by atoms with E-state index in [-0.39, 0.29) is 5.91 Å². The number of carbonyl (C=O) groups is 1. The average Bonchev–Trinajstić information content (AvgIpc) is 3.00. The molecule has 0 bridgehead atoms. The lowest BCUT2D eigenvalue weighted by molar-refractivity contribution is -0.115. The Kier molecular flexibility index (Phi) is 4.78. The molecule has 0 spiro atoms. The summed E-state index contributed by atoms with van der Waals surface area (Å²) in [5, 5.41) is 2.64. The molecule has 124 valence electrons. The molecular weight excluding hydrogens is 340 g/mol. The van der Waals surface area contributed by atoms with Crippen LogP contribution >= 0.6 is 24.0 Å². The molecule has 2 heterocycles. The number of rotatable bonds is 4. The molecule has 3 rings (SSSR count). The second-order valence-electron chi connectivity index (χ2n) is 5.44. The Balaban J connectivity index is 1.96. The number of nitrogens with zero attached hydrogens (tertiary/aromatic N) is 1. The molecule has 0 aliphatic carbocycles. The molecule has 0 atom stereocenters. The van der Waals surface area contributed by atoms with Crippen molar-refractivity contribution in [1.82, 2.24) is 9.88 Å². The molecule has 1 fully saturated rings. The van der Waals surface area contributed by atoms with Gasteiger partial charge in [0.25, 0.3) is 5.91 Å². The summed E-state index contributed by atoms with van der Waals surface area (Å²) in [7, 11) is 0. The molecule has 1 aliphatic rings. The Labute approximate surface area is 150 Å². The highest BCUT2D eigenvalue weighted by Gasteiger charge is 2.23. The monoisotopic (exact) mass is 358 g/mol. The van der Waals surface area contributed by atoms with E-state index >= 15 is 0 Å². The van der Waals surface area contributed by atoms with Gasteiger partial charge in [-0.15, -0.1) is 0 Å². The molecule has 1 aromatic carbocycles. The summed E-state index contributed by atoms with van der Waals surface area (Å²) < 4.78 is 8.17. The zero-order chi connectivity index (χ0) is 17.3. The van der Waals surface area contributed by atoms with E-state index in [4.69, 9.17) is 17.0 Å². The fourth-order valence-electron chi connectivity index (χ4n) is 2.75. The van der Waals surface area contributed by atoms with Crippen molar-refractivity contribution >= 4 is 40.3 Å². The Morgan fingerprint density at radius 2 is 2.00 bits per heavy atom. The second-order valence-corrected chi connectivity index (χ2v) is 7.16. The number of thiocarbonyl (C=S) groups is 1. The summed E-state index contributed by atoms with van der Waals surface area (Å²) in [5.74, 6) is 0.731. The van der Waals surface area contributed by atoms with E-state index in [1.807, 2.05) is 44.2 Å². The summed E-state index contributed by atoms with van der Waals surface area (Å²) in [6.45, 7) is 6.72. The molecule has 6 heteroatoms. The van der Waals surface area contributed by atoms with Gasteiger partial charge < -0.3 is 14.6 Å². The standard InChI is InChI=1S/C18H18N2O2S2/c1-4-22-15-7-5-14(6-8-15)20-11(2)9-13(12(20)3)10-16-17(21)19-18(23)24-16/h5-10H,4H2,1-3H3,(H,19,21,23). The van der Waals surface area contributed by atoms with Gasteiger partial charge in [0, 0.05) is 17.1 Å². The minimum Gasteiger partial charge on any atom is -0.494 e. The lowest BCUT2D eigenvalue weighted by Crippen LogP contribution is -2.17. The summed E-state index contributed by atoms with van der Waals surface area (Å²) in [6.07, 6.45) is 1.90. The van der Waals surface area contributed by atoms with E-state index < -0.39 is 0 Å². The highest BCUT2D eigenvalue weighted by Crippen LogP contribution is 2.29. The molecule has 24 heavy (non-hydrogen) atoms. The zero-order valence-electron chi connectivity index (χ0n) is 13.8. The van der Waals surface area contributed by atoms with E-state index in [1.165, 1.54) is 11.8 Å². The Morgan fingerprint density at radius 3 is 2.58 bits per heavy atom. The van der Waals surface area contributed by atoms with Crippen molar-refractivity contribution in [3.63, 3.8) is 0 Å². The topological polar surface area (TPSA) is 43.3 Å². The summed E-state index contributed by atoms with van der Waals surface area (Å²) in [4.78, 5) is 12.5. The minimum atomic E-state index is -0.129. The van der Waals surface area contributed by atoms with Crippen LogP contribution in [0.3, 0.4) is 0 Å². The highest BCUT2D eigenvalue weighted by atomic mass is 32.2. The predicted octanol–water partition coefficient (Wildman–Crippen LogP) is 3.98. The van der Waals surface area contributed by atoms with Gasteiger partial charge in [-0.25, -0.2) is 0 Å². The van der Waals surface area contributed by atoms with Crippen LogP contribution < -0.4 is 10.1 Å². The van der Waals surface area contributed by atoms with E-state index in [9.17, 15) is 4.79 Å². The largest absolute Gasteiger partial charge is 0.494 e. The number of amides is 1. The van der Waals surface area contributed by atoms with Gasteiger partial charge in [-0.05, 0) is 62.7 Å². The lowest BCUT2D eigenvalue weighted by atomic mass is 10.2. The third kappa shape index (κ3) is 3.25. The van der Waals surface area contributed by atoms with E-state index in [1.54, 1.807) is 0 Å². The van der Waals surface area contributed by atoms with Gasteiger partial charge in [0.2, 0.25) is 0 Å². The van der Waals surface area contributed by atoms with E-state index in [0.717, 1.165) is 28.4 Å².